The van der Waals surface area contributed by atoms with Gasteiger partial charge in [0.25, 0.3) is 0 Å². The van der Waals surface area contributed by atoms with Crippen LogP contribution in [0.15, 0.2) is 0 Å². The van der Waals surface area contributed by atoms with Crippen molar-refractivity contribution in [2.45, 2.75) is 0 Å². The number of rotatable bonds is 1. The van der Waals surface area contributed by atoms with Crippen molar-refractivity contribution in [3.8, 4) is 0 Å². The van der Waals surface area contributed by atoms with Crippen LogP contribution in [0, 0.1) is 0 Å². The Bertz CT molecular complexity index is 20.0. The summed E-state index contributed by atoms with van der Waals surface area (Å²) in [5, 5.41) is 0. The van der Waals surface area contributed by atoms with Crippen LogP contribution in [0.1, 0.15) is 0 Å². The SMILES string of the molecule is PSC=S. The van der Waals surface area contributed by atoms with Crippen molar-refractivity contribution in [3.63, 3.8) is 0 Å². The molecule has 0 N–H and O–H groups in total. The maximum Gasteiger partial charge on any atom is 0.0380 e. The first kappa shape index (κ1) is 4.87. The summed E-state index contributed by atoms with van der Waals surface area (Å²) in [7, 11) is 2.41. The molecule has 1 atom stereocenters. The van der Waals surface area contributed by atoms with Crippen LogP contribution in [0.5, 0.6) is 0 Å². The summed E-state index contributed by atoms with van der Waals surface area (Å²) in [5.41, 5.74) is 0. The fraction of sp³-hybridized carbons (Fsp3) is 0. The van der Waals surface area contributed by atoms with Gasteiger partial charge in [-0.2, -0.15) is 0 Å². The van der Waals surface area contributed by atoms with Crippen molar-refractivity contribution >= 4 is 36.7 Å². The molecule has 0 nitrogen and oxygen atoms in total. The standard InChI is InChI=1S/CH3PS2/c2-4-1-3/h1H,2H2. The molecule has 0 aromatic heterocycles. The highest BCUT2D eigenvalue weighted by atomic mass is 32.7. The third-order valence-corrected chi connectivity index (χ3v) is 1.50. The molecule has 0 amide bonds. The van der Waals surface area contributed by atoms with E-state index in [4.69, 9.17) is 0 Å². The molecule has 0 aliphatic carbocycles. The summed E-state index contributed by atoms with van der Waals surface area (Å²) >= 11 is 5.83. The van der Waals surface area contributed by atoms with Crippen molar-refractivity contribution in [3.05, 3.63) is 0 Å². The molecule has 0 saturated carbocycles. The largest absolute Gasteiger partial charge is 0.102 e. The molecule has 0 radical (unpaired) electrons. The summed E-state index contributed by atoms with van der Waals surface area (Å²) in [4.78, 5) is 0. The predicted molar refractivity (Wildman–Crippen MR) is 31.0 cm³/mol. The normalized spacial score (nSPS) is 6.25. The Balaban J connectivity index is 2.30. The molecule has 0 heterocycles. The second-order valence-electron chi connectivity index (χ2n) is 0.232. The first-order valence-electron chi connectivity index (χ1n) is 0.707. The van der Waals surface area contributed by atoms with Gasteiger partial charge in [-0.1, -0.05) is 20.7 Å². The van der Waals surface area contributed by atoms with Crippen LogP contribution < -0.4 is 0 Å². The lowest BCUT2D eigenvalue weighted by Crippen LogP contribution is -1.25. The van der Waals surface area contributed by atoms with E-state index in [0.717, 1.165) is 0 Å². The molecule has 4 heavy (non-hydrogen) atoms. The molecule has 1 unspecified atom stereocenters. The Morgan fingerprint density at radius 2 is 2.25 bits per heavy atom. The fourth-order valence-electron chi connectivity index (χ4n) is 0. The van der Waals surface area contributed by atoms with Gasteiger partial charge in [-0.15, -0.1) is 11.4 Å². The lowest BCUT2D eigenvalue weighted by molar-refractivity contribution is 4.48. The molecule has 0 fully saturated rings. The van der Waals surface area contributed by atoms with Crippen LogP contribution in [-0.2, 0) is 0 Å². The average molecular weight is 110 g/mol. The van der Waals surface area contributed by atoms with Gasteiger partial charge in [-0.3, -0.25) is 0 Å². The Labute approximate surface area is 37.3 Å². The molecule has 24 valence electrons. The van der Waals surface area contributed by atoms with E-state index in [0.29, 0.717) is 0 Å². The van der Waals surface area contributed by atoms with Crippen molar-refractivity contribution in [1.82, 2.24) is 0 Å². The first-order chi connectivity index (χ1) is 1.91. The number of hydrogen-bond donors (Lipinski definition) is 0. The molecule has 0 spiro atoms. The van der Waals surface area contributed by atoms with Crippen LogP contribution >= 0.6 is 32.0 Å². The van der Waals surface area contributed by atoms with E-state index in [-0.39, 0.29) is 0 Å². The molecule has 0 aromatic carbocycles. The lowest BCUT2D eigenvalue weighted by Gasteiger charge is -1.56. The highest BCUT2D eigenvalue weighted by Gasteiger charge is 1.46. The van der Waals surface area contributed by atoms with E-state index in [1.54, 1.807) is 4.70 Å². The van der Waals surface area contributed by atoms with Crippen LogP contribution in [0.3, 0.4) is 0 Å². The van der Waals surface area contributed by atoms with Crippen molar-refractivity contribution in [1.29, 1.82) is 0 Å². The quantitative estimate of drug-likeness (QED) is 0.370. The summed E-state index contributed by atoms with van der Waals surface area (Å²) in [6.45, 7) is 0. The Morgan fingerprint density at radius 3 is 2.25 bits per heavy atom. The minimum Gasteiger partial charge on any atom is -0.102 e. The molecular formula is CH3PS2. The van der Waals surface area contributed by atoms with Gasteiger partial charge in [-0.25, -0.2) is 0 Å². The molecule has 0 saturated heterocycles. The van der Waals surface area contributed by atoms with E-state index in [9.17, 15) is 0 Å². The van der Waals surface area contributed by atoms with Gasteiger partial charge >= 0.3 is 0 Å². The Hall–Kier alpha value is 0.870. The lowest BCUT2D eigenvalue weighted by atomic mass is 11.9. The van der Waals surface area contributed by atoms with Crippen LogP contribution in [0.2, 0.25) is 0 Å². The smallest absolute Gasteiger partial charge is 0.0380 e. The second-order valence-corrected chi connectivity index (χ2v) is 2.09. The van der Waals surface area contributed by atoms with Crippen LogP contribution in [0.4, 0.5) is 0 Å². The predicted octanol–water partition coefficient (Wildman–Crippen LogP) is 1.47. The van der Waals surface area contributed by atoms with Gasteiger partial charge in [-0.05, 0) is 0 Å². The van der Waals surface area contributed by atoms with E-state index < -0.39 is 0 Å². The minimum atomic E-state index is 1.46. The third kappa shape index (κ3) is 2.87. The third-order valence-electron chi connectivity index (χ3n) is 0.0556. The summed E-state index contributed by atoms with van der Waals surface area (Å²) in [6, 6.07) is 0. The maximum absolute atomic E-state index is 4.37. The Morgan fingerprint density at radius 1 is 2.00 bits per heavy atom. The van der Waals surface area contributed by atoms with Gasteiger partial charge in [0.05, 0.1) is 0 Å². The molecule has 0 rings (SSSR count). The van der Waals surface area contributed by atoms with Gasteiger partial charge in [0.15, 0.2) is 0 Å². The number of thiocarbonyl (C=S) groups is 1. The first-order valence-corrected chi connectivity index (χ1v) is 3.54. The van der Waals surface area contributed by atoms with Gasteiger partial charge < -0.3 is 0 Å². The summed E-state index contributed by atoms with van der Waals surface area (Å²) in [5.74, 6) is 0. The molecular weight excluding hydrogens is 107 g/mol. The van der Waals surface area contributed by atoms with Crippen molar-refractivity contribution in [2.75, 3.05) is 0 Å². The van der Waals surface area contributed by atoms with E-state index in [1.807, 2.05) is 0 Å². The van der Waals surface area contributed by atoms with Crippen LogP contribution in [-0.4, -0.2) is 4.70 Å². The van der Waals surface area contributed by atoms with Gasteiger partial charge in [0.2, 0.25) is 0 Å². The highest BCUT2D eigenvalue weighted by Crippen LogP contribution is 2.02. The van der Waals surface area contributed by atoms with Crippen LogP contribution in [0.25, 0.3) is 0 Å². The van der Waals surface area contributed by atoms with E-state index >= 15 is 0 Å². The highest BCUT2D eigenvalue weighted by molar-refractivity contribution is 8.54. The average Bonchev–Trinajstić information content (AvgIpc) is 1.37. The van der Waals surface area contributed by atoms with E-state index in [2.05, 4.69) is 20.7 Å². The molecule has 0 aromatic rings. The minimum absolute atomic E-state index is 1.46. The van der Waals surface area contributed by atoms with Gasteiger partial charge in [0, 0.05) is 4.70 Å². The zero-order chi connectivity index (χ0) is 3.41. The molecule has 0 bridgehead atoms. The van der Waals surface area contributed by atoms with Gasteiger partial charge in [0.1, 0.15) is 0 Å². The summed E-state index contributed by atoms with van der Waals surface area (Å²) in [6.07, 6.45) is 0. The zero-order valence-corrected chi connectivity index (χ0v) is 4.76. The topological polar surface area (TPSA) is 0 Å². The van der Waals surface area contributed by atoms with Crippen molar-refractivity contribution < 1.29 is 0 Å². The molecule has 3 heteroatoms. The zero-order valence-electron chi connectivity index (χ0n) is 1.97. The maximum atomic E-state index is 4.37. The molecule has 0 aliphatic rings. The fourth-order valence-corrected chi connectivity index (χ4v) is 0. The monoisotopic (exact) mass is 110 g/mol. The number of hydrogen-bond acceptors (Lipinski definition) is 2. The van der Waals surface area contributed by atoms with Crippen molar-refractivity contribution in [2.24, 2.45) is 0 Å². The Kier molecular flexibility index (Phi) is 4.71. The molecule has 0 aliphatic heterocycles. The van der Waals surface area contributed by atoms with E-state index in [1.165, 1.54) is 11.4 Å². The summed E-state index contributed by atoms with van der Waals surface area (Å²) < 4.78 is 1.59. The second kappa shape index (κ2) is 3.87.